The van der Waals surface area contributed by atoms with Gasteiger partial charge in [0.2, 0.25) is 0 Å². The molecule has 25 heavy (non-hydrogen) atoms. The molecule has 2 aromatic carbocycles. The minimum absolute atomic E-state index is 0.0603. The summed E-state index contributed by atoms with van der Waals surface area (Å²) >= 11 is 0. The maximum atomic E-state index is 12.3. The van der Waals surface area contributed by atoms with Crippen LogP contribution in [0.1, 0.15) is 22.3 Å². The molecule has 0 aliphatic heterocycles. The third-order valence-electron chi connectivity index (χ3n) is 4.10. The molecule has 2 rings (SSSR count). The average Bonchev–Trinajstić information content (AvgIpc) is 2.59. The number of nitrogens with one attached hydrogen (secondary N) is 2. The van der Waals surface area contributed by atoms with E-state index in [9.17, 15) is 10.1 Å². The Morgan fingerprint density at radius 1 is 1.16 bits per heavy atom. The molecule has 0 aromatic heterocycles. The topological polar surface area (TPSA) is 64.9 Å². The summed E-state index contributed by atoms with van der Waals surface area (Å²) in [4.78, 5) is 12.3. The van der Waals surface area contributed by atoms with E-state index in [1.54, 1.807) is 0 Å². The lowest BCUT2D eigenvalue weighted by Gasteiger charge is -2.10. The Bertz CT molecular complexity index is 831. The van der Waals surface area contributed by atoms with Gasteiger partial charge in [0, 0.05) is 18.4 Å². The SMILES string of the molecule is Cc1cccc(CCN/C=C(/C#N)C(=O)Nc2cccc(C)c2C)c1. The minimum atomic E-state index is -0.403. The molecule has 1 amide bonds. The second-order valence-corrected chi connectivity index (χ2v) is 6.06. The van der Waals surface area contributed by atoms with Gasteiger partial charge >= 0.3 is 0 Å². The zero-order valence-electron chi connectivity index (χ0n) is 14.9. The zero-order chi connectivity index (χ0) is 18.2. The van der Waals surface area contributed by atoms with Crippen LogP contribution in [0, 0.1) is 32.1 Å². The fourth-order valence-corrected chi connectivity index (χ4v) is 2.48. The van der Waals surface area contributed by atoms with Crippen LogP contribution in [-0.2, 0) is 11.2 Å². The van der Waals surface area contributed by atoms with Crippen LogP contribution in [0.2, 0.25) is 0 Å². The molecule has 0 fully saturated rings. The number of aryl methyl sites for hydroxylation is 2. The fourth-order valence-electron chi connectivity index (χ4n) is 2.48. The highest BCUT2D eigenvalue weighted by Gasteiger charge is 2.11. The Morgan fingerprint density at radius 3 is 2.64 bits per heavy atom. The molecule has 0 radical (unpaired) electrons. The van der Waals surface area contributed by atoms with Gasteiger partial charge in [-0.3, -0.25) is 4.79 Å². The number of carbonyl (C=O) groups excluding carboxylic acids is 1. The van der Waals surface area contributed by atoms with Crippen LogP contribution in [0.3, 0.4) is 0 Å². The Hall–Kier alpha value is -3.06. The molecular formula is C21H23N3O. The van der Waals surface area contributed by atoms with Crippen molar-refractivity contribution in [3.63, 3.8) is 0 Å². The standard InChI is InChI=1S/C21H23N3O/c1-15-6-4-8-18(12-15)10-11-23-14-19(13-22)21(25)24-20-9-5-7-16(2)17(20)3/h4-9,12,14,23H,10-11H2,1-3H3,(H,24,25)/b19-14-. The fraction of sp³-hybridized carbons (Fsp3) is 0.238. The van der Waals surface area contributed by atoms with Gasteiger partial charge in [0.05, 0.1) is 0 Å². The largest absolute Gasteiger partial charge is 0.389 e. The van der Waals surface area contributed by atoms with Gasteiger partial charge in [0.15, 0.2) is 0 Å². The van der Waals surface area contributed by atoms with Crippen LogP contribution < -0.4 is 10.6 Å². The third-order valence-corrected chi connectivity index (χ3v) is 4.10. The highest BCUT2D eigenvalue weighted by atomic mass is 16.1. The quantitative estimate of drug-likeness (QED) is 0.480. The van der Waals surface area contributed by atoms with Gasteiger partial charge in [-0.2, -0.15) is 5.26 Å². The highest BCUT2D eigenvalue weighted by Crippen LogP contribution is 2.18. The van der Waals surface area contributed by atoms with Crippen LogP contribution in [-0.4, -0.2) is 12.5 Å². The van der Waals surface area contributed by atoms with Crippen LogP contribution in [0.5, 0.6) is 0 Å². The van der Waals surface area contributed by atoms with E-state index < -0.39 is 5.91 Å². The molecule has 4 heteroatoms. The number of benzene rings is 2. The number of carbonyl (C=O) groups is 1. The Labute approximate surface area is 149 Å². The molecule has 0 aliphatic rings. The first kappa shape index (κ1) is 18.3. The van der Waals surface area contributed by atoms with Gasteiger partial charge in [-0.25, -0.2) is 0 Å². The Morgan fingerprint density at radius 2 is 1.92 bits per heavy atom. The molecule has 0 saturated heterocycles. The summed E-state index contributed by atoms with van der Waals surface area (Å²) in [5.41, 5.74) is 5.33. The molecule has 128 valence electrons. The molecule has 0 unspecified atom stereocenters. The van der Waals surface area contributed by atoms with E-state index in [2.05, 4.69) is 35.8 Å². The number of hydrogen-bond donors (Lipinski definition) is 2. The average molecular weight is 333 g/mol. The summed E-state index contributed by atoms with van der Waals surface area (Å²) in [5, 5.41) is 15.1. The Balaban J connectivity index is 1.94. The molecule has 0 spiro atoms. The van der Waals surface area contributed by atoms with E-state index in [0.29, 0.717) is 6.54 Å². The van der Waals surface area contributed by atoms with E-state index in [1.807, 2.05) is 44.2 Å². The van der Waals surface area contributed by atoms with E-state index in [1.165, 1.54) is 17.3 Å². The maximum absolute atomic E-state index is 12.3. The summed E-state index contributed by atoms with van der Waals surface area (Å²) in [7, 11) is 0. The van der Waals surface area contributed by atoms with Crippen molar-refractivity contribution in [2.45, 2.75) is 27.2 Å². The summed E-state index contributed by atoms with van der Waals surface area (Å²) in [5.74, 6) is -0.403. The van der Waals surface area contributed by atoms with E-state index in [-0.39, 0.29) is 5.57 Å². The minimum Gasteiger partial charge on any atom is -0.389 e. The lowest BCUT2D eigenvalue weighted by Crippen LogP contribution is -2.18. The molecule has 0 heterocycles. The van der Waals surface area contributed by atoms with Gasteiger partial charge in [-0.1, -0.05) is 42.0 Å². The van der Waals surface area contributed by atoms with Crippen molar-refractivity contribution in [2.24, 2.45) is 0 Å². The van der Waals surface area contributed by atoms with Crippen molar-refractivity contribution < 1.29 is 4.79 Å². The van der Waals surface area contributed by atoms with Crippen molar-refractivity contribution >= 4 is 11.6 Å². The number of rotatable bonds is 6. The Kier molecular flexibility index (Phi) is 6.36. The highest BCUT2D eigenvalue weighted by molar-refractivity contribution is 6.06. The summed E-state index contributed by atoms with van der Waals surface area (Å²) in [6, 6.07) is 15.9. The van der Waals surface area contributed by atoms with Crippen LogP contribution >= 0.6 is 0 Å². The smallest absolute Gasteiger partial charge is 0.267 e. The molecule has 0 atom stereocenters. The predicted molar refractivity (Wildman–Crippen MR) is 101 cm³/mol. The van der Waals surface area contributed by atoms with Crippen LogP contribution in [0.15, 0.2) is 54.2 Å². The summed E-state index contributed by atoms with van der Waals surface area (Å²) in [6.07, 6.45) is 2.31. The molecule has 4 nitrogen and oxygen atoms in total. The van der Waals surface area contributed by atoms with Crippen molar-refractivity contribution in [1.29, 1.82) is 5.26 Å². The first-order valence-corrected chi connectivity index (χ1v) is 8.28. The molecule has 2 aromatic rings. The van der Waals surface area contributed by atoms with Crippen molar-refractivity contribution in [3.05, 3.63) is 76.5 Å². The third kappa shape index (κ3) is 5.22. The van der Waals surface area contributed by atoms with Gasteiger partial charge < -0.3 is 10.6 Å². The monoisotopic (exact) mass is 333 g/mol. The van der Waals surface area contributed by atoms with Gasteiger partial charge in [-0.05, 0) is 49.9 Å². The second-order valence-electron chi connectivity index (χ2n) is 6.06. The number of hydrogen-bond acceptors (Lipinski definition) is 3. The molecule has 0 bridgehead atoms. The number of amides is 1. The predicted octanol–water partition coefficient (Wildman–Crippen LogP) is 3.79. The normalized spacial score (nSPS) is 10.9. The van der Waals surface area contributed by atoms with Gasteiger partial charge in [-0.15, -0.1) is 0 Å². The molecule has 0 saturated carbocycles. The maximum Gasteiger partial charge on any atom is 0.267 e. The molecule has 0 aliphatic carbocycles. The van der Waals surface area contributed by atoms with Crippen LogP contribution in [0.25, 0.3) is 0 Å². The van der Waals surface area contributed by atoms with Crippen molar-refractivity contribution in [3.8, 4) is 6.07 Å². The first-order valence-electron chi connectivity index (χ1n) is 8.28. The van der Waals surface area contributed by atoms with Crippen LogP contribution in [0.4, 0.5) is 5.69 Å². The van der Waals surface area contributed by atoms with E-state index in [4.69, 9.17) is 0 Å². The number of nitrogens with zero attached hydrogens (tertiary/aromatic N) is 1. The molecular weight excluding hydrogens is 310 g/mol. The van der Waals surface area contributed by atoms with E-state index in [0.717, 1.165) is 23.2 Å². The van der Waals surface area contributed by atoms with Gasteiger partial charge in [0.25, 0.3) is 5.91 Å². The number of nitriles is 1. The number of anilines is 1. The lowest BCUT2D eigenvalue weighted by atomic mass is 10.1. The van der Waals surface area contributed by atoms with Crippen molar-refractivity contribution in [1.82, 2.24) is 5.32 Å². The van der Waals surface area contributed by atoms with Gasteiger partial charge in [0.1, 0.15) is 11.6 Å². The first-order chi connectivity index (χ1) is 12.0. The lowest BCUT2D eigenvalue weighted by molar-refractivity contribution is -0.112. The zero-order valence-corrected chi connectivity index (χ0v) is 14.9. The van der Waals surface area contributed by atoms with E-state index >= 15 is 0 Å². The van der Waals surface area contributed by atoms with Crippen molar-refractivity contribution in [2.75, 3.05) is 11.9 Å². The summed E-state index contributed by atoms with van der Waals surface area (Å²) in [6.45, 7) is 6.65. The second kappa shape index (κ2) is 8.70. The summed E-state index contributed by atoms with van der Waals surface area (Å²) < 4.78 is 0. The molecule has 2 N–H and O–H groups in total.